The normalized spacial score (nSPS) is 11.6. The van der Waals surface area contributed by atoms with Crippen molar-refractivity contribution in [1.82, 2.24) is 0 Å². The molecule has 0 aliphatic carbocycles. The quantitative estimate of drug-likeness (QED) is 0.0995. The largest absolute Gasteiger partial charge is 0.310 e. The molecule has 0 aromatic heterocycles. The van der Waals surface area contributed by atoms with Gasteiger partial charge in [-0.05, 0) is 215 Å². The molecular formula is C68H44F8N2. The summed E-state index contributed by atoms with van der Waals surface area (Å²) in [4.78, 5) is 3.85. The number of nitrogens with zero attached hydrogens (tertiary/aromatic N) is 2. The lowest BCUT2D eigenvalue weighted by Gasteiger charge is -2.31. The van der Waals surface area contributed by atoms with Gasteiger partial charge in [0.15, 0.2) is 0 Å². The van der Waals surface area contributed by atoms with Gasteiger partial charge < -0.3 is 9.80 Å². The zero-order valence-electron chi connectivity index (χ0n) is 42.4. The van der Waals surface area contributed by atoms with E-state index in [1.54, 1.807) is 24.3 Å². The van der Waals surface area contributed by atoms with Crippen LogP contribution >= 0.6 is 0 Å². The second-order valence-corrected chi connectivity index (χ2v) is 19.9. The lowest BCUT2D eigenvalue weighted by Crippen LogP contribution is -2.13. The van der Waals surface area contributed by atoms with E-state index in [0.717, 1.165) is 103 Å². The molecule has 0 amide bonds. The van der Waals surface area contributed by atoms with Gasteiger partial charge in [0.05, 0.1) is 33.6 Å². The van der Waals surface area contributed by atoms with E-state index in [2.05, 4.69) is 0 Å². The Labute approximate surface area is 444 Å². The summed E-state index contributed by atoms with van der Waals surface area (Å²) in [5.41, 5.74) is 5.60. The van der Waals surface area contributed by atoms with Crippen molar-refractivity contribution in [3.8, 4) is 44.5 Å². The summed E-state index contributed by atoms with van der Waals surface area (Å²) in [6.45, 7) is 7.80. The maximum atomic E-state index is 15.9. The van der Waals surface area contributed by atoms with Crippen molar-refractivity contribution in [2.75, 3.05) is 9.80 Å². The molecule has 0 heterocycles. The first kappa shape index (κ1) is 49.6. The number of benzene rings is 12. The van der Waals surface area contributed by atoms with Gasteiger partial charge >= 0.3 is 0 Å². The van der Waals surface area contributed by atoms with E-state index in [1.807, 2.05) is 122 Å². The van der Waals surface area contributed by atoms with Crippen LogP contribution in [-0.4, -0.2) is 0 Å². The van der Waals surface area contributed by atoms with E-state index in [9.17, 15) is 0 Å². The second kappa shape index (κ2) is 19.4. The monoisotopic (exact) mass is 1040 g/mol. The number of hydrogen-bond acceptors (Lipinski definition) is 2. The Morgan fingerprint density at radius 1 is 0.256 bits per heavy atom. The van der Waals surface area contributed by atoms with Crippen LogP contribution in [0.3, 0.4) is 0 Å². The van der Waals surface area contributed by atoms with Crippen LogP contribution in [0.2, 0.25) is 0 Å². The Balaban J connectivity index is 1.15. The van der Waals surface area contributed by atoms with E-state index < -0.39 is 46.5 Å². The molecule has 78 heavy (non-hydrogen) atoms. The molecule has 0 N–H and O–H groups in total. The lowest BCUT2D eigenvalue weighted by molar-refractivity contribution is 0.588. The summed E-state index contributed by atoms with van der Waals surface area (Å²) in [6.07, 6.45) is 0. The van der Waals surface area contributed by atoms with E-state index >= 15 is 35.1 Å². The molecule has 2 nitrogen and oxygen atoms in total. The molecule has 0 spiro atoms. The summed E-state index contributed by atoms with van der Waals surface area (Å²) in [6, 6.07) is 51.0. The first-order valence-corrected chi connectivity index (χ1v) is 25.2. The van der Waals surface area contributed by atoms with Crippen molar-refractivity contribution in [3.05, 3.63) is 263 Å². The minimum Gasteiger partial charge on any atom is -0.310 e. The zero-order chi connectivity index (χ0) is 54.3. The molecule has 0 atom stereocenters. The van der Waals surface area contributed by atoms with Crippen LogP contribution in [-0.2, 0) is 0 Å². The fourth-order valence-electron chi connectivity index (χ4n) is 11.3. The predicted molar refractivity (Wildman–Crippen MR) is 300 cm³/mol. The van der Waals surface area contributed by atoms with Gasteiger partial charge in [0.25, 0.3) is 0 Å². The maximum absolute atomic E-state index is 15.9. The van der Waals surface area contributed by atoms with Gasteiger partial charge in [-0.2, -0.15) is 0 Å². The van der Waals surface area contributed by atoms with Crippen molar-refractivity contribution in [2.45, 2.75) is 27.7 Å². The van der Waals surface area contributed by atoms with Crippen LogP contribution < -0.4 is 9.80 Å². The molecule has 0 aliphatic rings. The molecular weight excluding hydrogens is 997 g/mol. The van der Waals surface area contributed by atoms with Gasteiger partial charge in [-0.15, -0.1) is 0 Å². The molecule has 12 aromatic carbocycles. The molecule has 382 valence electrons. The number of aryl methyl sites for hydroxylation is 4. The van der Waals surface area contributed by atoms with Crippen LogP contribution in [0.5, 0.6) is 0 Å². The third kappa shape index (κ3) is 8.63. The standard InChI is InChI=1S/C68H44F8N2/c1-37-25-38(2)28-47(27-37)77(49-33-43(65-53(69)9-5-10-54(65)70)31-44(34-49)66-55(71)11-6-12-56(66)72)61-23-19-41-18-22-52-62(24-20-42-17-21-51(61)63(41)64(42)52)78(48-29-39(3)26-40(4)30-48)50-35-45(67-57(73)13-7-14-58(67)74)32-46(36-50)68-59(75)15-8-16-60(68)76/h5-36H,1-4H3. The summed E-state index contributed by atoms with van der Waals surface area (Å²) in [7, 11) is 0. The van der Waals surface area contributed by atoms with E-state index in [4.69, 9.17) is 0 Å². The van der Waals surface area contributed by atoms with Crippen LogP contribution in [0.4, 0.5) is 69.2 Å². The maximum Gasteiger partial charge on any atom is 0.133 e. The first-order chi connectivity index (χ1) is 37.6. The second-order valence-electron chi connectivity index (χ2n) is 19.9. The van der Waals surface area contributed by atoms with Crippen molar-refractivity contribution in [1.29, 1.82) is 0 Å². The van der Waals surface area contributed by atoms with Crippen molar-refractivity contribution in [3.63, 3.8) is 0 Å². The predicted octanol–water partition coefficient (Wildman–Crippen LogP) is 20.5. The Morgan fingerprint density at radius 2 is 0.500 bits per heavy atom. The zero-order valence-corrected chi connectivity index (χ0v) is 42.4. The summed E-state index contributed by atoms with van der Waals surface area (Å²) in [5, 5.41) is 4.85. The highest BCUT2D eigenvalue weighted by Gasteiger charge is 2.27. The Hall–Kier alpha value is -9.28. The fourth-order valence-corrected chi connectivity index (χ4v) is 11.3. The van der Waals surface area contributed by atoms with Crippen LogP contribution in [0.25, 0.3) is 76.8 Å². The number of rotatable bonds is 10. The Morgan fingerprint density at radius 3 is 0.769 bits per heavy atom. The third-order valence-electron chi connectivity index (χ3n) is 14.4. The van der Waals surface area contributed by atoms with Gasteiger partial charge in [0.2, 0.25) is 0 Å². The number of hydrogen-bond donors (Lipinski definition) is 0. The highest BCUT2D eigenvalue weighted by molar-refractivity contribution is 6.28. The minimum atomic E-state index is -0.861. The SMILES string of the molecule is Cc1cc(C)cc(N(c2cc(-c3c(F)cccc3F)cc(-c3c(F)cccc3F)c2)c2ccc3ccc4c(N(c5cc(C)cc(C)c5)c5cc(-c6c(F)cccc6F)cc(-c6c(F)cccc6F)c5)ccc5ccc2c3c54)c1. The Bertz CT molecular complexity index is 3850. The smallest absolute Gasteiger partial charge is 0.133 e. The molecule has 0 saturated carbocycles. The van der Waals surface area contributed by atoms with Gasteiger partial charge in [-0.3, -0.25) is 0 Å². The van der Waals surface area contributed by atoms with Crippen LogP contribution in [0.15, 0.2) is 194 Å². The molecule has 0 radical (unpaired) electrons. The molecule has 12 aromatic rings. The summed E-state index contributed by atoms with van der Waals surface area (Å²) < 4.78 is 127. The third-order valence-corrected chi connectivity index (χ3v) is 14.4. The minimum absolute atomic E-state index is 0.0478. The number of halogens is 8. The molecule has 0 saturated heterocycles. The van der Waals surface area contributed by atoms with E-state index in [1.165, 1.54) is 36.4 Å². The van der Waals surface area contributed by atoms with Gasteiger partial charge in [0.1, 0.15) is 46.5 Å². The van der Waals surface area contributed by atoms with Crippen LogP contribution in [0, 0.1) is 74.2 Å². The molecule has 0 fully saturated rings. The summed E-state index contributed by atoms with van der Waals surface area (Å²) >= 11 is 0. The molecule has 12 rings (SSSR count). The summed E-state index contributed by atoms with van der Waals surface area (Å²) in [5.74, 6) is -6.89. The molecule has 0 bridgehead atoms. The van der Waals surface area contributed by atoms with Crippen LogP contribution in [0.1, 0.15) is 22.3 Å². The first-order valence-electron chi connectivity index (χ1n) is 25.2. The van der Waals surface area contributed by atoms with Gasteiger partial charge in [-0.1, -0.05) is 72.8 Å². The fraction of sp³-hybridized carbons (Fsp3) is 0.0588. The average Bonchev–Trinajstić information content (AvgIpc) is 3.38. The van der Waals surface area contributed by atoms with Crippen molar-refractivity contribution in [2.24, 2.45) is 0 Å². The highest BCUT2D eigenvalue weighted by Crippen LogP contribution is 2.50. The van der Waals surface area contributed by atoms with Crippen molar-refractivity contribution < 1.29 is 35.1 Å². The average molecular weight is 1040 g/mol. The highest BCUT2D eigenvalue weighted by atomic mass is 19.2. The topological polar surface area (TPSA) is 6.48 Å². The lowest BCUT2D eigenvalue weighted by atomic mass is 9.91. The van der Waals surface area contributed by atoms with E-state index in [-0.39, 0.29) is 44.5 Å². The molecule has 10 heteroatoms. The van der Waals surface area contributed by atoms with Gasteiger partial charge in [0, 0.05) is 33.5 Å². The molecule has 0 unspecified atom stereocenters. The Kier molecular flexibility index (Phi) is 12.3. The number of anilines is 6. The van der Waals surface area contributed by atoms with Gasteiger partial charge in [-0.25, -0.2) is 35.1 Å². The van der Waals surface area contributed by atoms with E-state index in [0.29, 0.717) is 34.1 Å². The van der Waals surface area contributed by atoms with Crippen molar-refractivity contribution >= 4 is 66.4 Å². The molecule has 0 aliphatic heterocycles.